The van der Waals surface area contributed by atoms with E-state index in [0.29, 0.717) is 18.1 Å². The van der Waals surface area contributed by atoms with Crippen molar-refractivity contribution in [3.05, 3.63) is 40.4 Å². The predicted octanol–water partition coefficient (Wildman–Crippen LogP) is 2.67. The largest absolute Gasteiger partial charge is 0.339 e. The molecule has 24 heavy (non-hydrogen) atoms. The maximum absolute atomic E-state index is 12.7. The third kappa shape index (κ3) is 5.36. The van der Waals surface area contributed by atoms with Crippen LogP contribution in [0.3, 0.4) is 0 Å². The summed E-state index contributed by atoms with van der Waals surface area (Å²) in [6.45, 7) is 1.30. The Kier molecular flexibility index (Phi) is 6.41. The van der Waals surface area contributed by atoms with Gasteiger partial charge in [-0.25, -0.2) is 8.42 Å². The monoisotopic (exact) mass is 366 g/mol. The molecule has 1 aliphatic rings. The molecule has 5 nitrogen and oxygen atoms in total. The Morgan fingerprint density at radius 1 is 1.25 bits per heavy atom. The summed E-state index contributed by atoms with van der Waals surface area (Å²) in [4.78, 5) is 14.4. The molecule has 128 valence electrons. The van der Waals surface area contributed by atoms with Gasteiger partial charge >= 0.3 is 0 Å². The van der Waals surface area contributed by atoms with Crippen molar-refractivity contribution in [2.75, 3.05) is 24.6 Å². The summed E-state index contributed by atoms with van der Waals surface area (Å²) in [5.74, 6) is -0.843. The lowest BCUT2D eigenvalue weighted by Crippen LogP contribution is -2.31. The molecule has 0 unspecified atom stereocenters. The number of hydrogen-bond acceptors (Lipinski definition) is 4. The van der Waals surface area contributed by atoms with Crippen molar-refractivity contribution in [2.24, 2.45) is 0 Å². The van der Waals surface area contributed by atoms with Crippen LogP contribution < -0.4 is 0 Å². The molecule has 0 radical (unpaired) electrons. The minimum Gasteiger partial charge on any atom is -0.339 e. The predicted molar refractivity (Wildman–Crippen MR) is 94.1 cm³/mol. The number of likely N-dealkylation sites (tertiary alicyclic amines) is 1. The maximum atomic E-state index is 12.7. The number of rotatable bonds is 6. The number of nitriles is 1. The molecule has 1 aromatic carbocycles. The van der Waals surface area contributed by atoms with E-state index in [0.717, 1.165) is 18.4 Å². The third-order valence-electron chi connectivity index (χ3n) is 3.78. The summed E-state index contributed by atoms with van der Waals surface area (Å²) >= 11 is 5.86. The summed E-state index contributed by atoms with van der Waals surface area (Å²) < 4.78 is 24.4. The highest BCUT2D eigenvalue weighted by atomic mass is 35.5. The van der Waals surface area contributed by atoms with E-state index in [9.17, 15) is 13.2 Å². The zero-order valence-corrected chi connectivity index (χ0v) is 14.8. The van der Waals surface area contributed by atoms with E-state index in [2.05, 4.69) is 0 Å². The van der Waals surface area contributed by atoms with Crippen LogP contribution in [0.1, 0.15) is 24.8 Å². The normalized spacial score (nSPS) is 15.3. The van der Waals surface area contributed by atoms with Crippen molar-refractivity contribution in [1.29, 1.82) is 5.26 Å². The number of carbonyl (C=O) groups is 1. The molecule has 0 aliphatic carbocycles. The standard InChI is InChI=1S/C17H19ClN2O3S/c18-16-6-4-14(5-7-16)12-15(13-24(22,23)11-3-8-19)17(21)20-9-1-2-10-20/h4-7,12H,1-3,9-11,13H2/b15-12+. The van der Waals surface area contributed by atoms with Crippen molar-refractivity contribution < 1.29 is 13.2 Å². The Hall–Kier alpha value is -1.84. The average molecular weight is 367 g/mol. The molecule has 0 N–H and O–H groups in total. The Morgan fingerprint density at radius 3 is 2.46 bits per heavy atom. The van der Waals surface area contributed by atoms with Crippen LogP contribution in [-0.2, 0) is 14.6 Å². The molecule has 7 heteroatoms. The van der Waals surface area contributed by atoms with E-state index in [1.807, 2.05) is 6.07 Å². The Balaban J connectivity index is 2.28. The minimum atomic E-state index is -3.51. The SMILES string of the molecule is N#CCCS(=O)(=O)C/C(=C\c1ccc(Cl)cc1)C(=O)N1CCCC1. The van der Waals surface area contributed by atoms with Gasteiger partial charge in [-0.3, -0.25) is 4.79 Å². The van der Waals surface area contributed by atoms with E-state index < -0.39 is 9.84 Å². The second-order valence-corrected chi connectivity index (χ2v) is 8.34. The fourth-order valence-corrected chi connectivity index (χ4v) is 3.91. The number of nitrogens with zero attached hydrogens (tertiary/aromatic N) is 2. The third-order valence-corrected chi connectivity index (χ3v) is 5.61. The molecular formula is C17H19ClN2O3S. The van der Waals surface area contributed by atoms with Crippen LogP contribution in [0.15, 0.2) is 29.8 Å². The first kappa shape index (κ1) is 18.5. The fraction of sp³-hybridized carbons (Fsp3) is 0.412. The van der Waals surface area contributed by atoms with Crippen molar-refractivity contribution in [3.63, 3.8) is 0 Å². The first-order valence-corrected chi connectivity index (χ1v) is 9.94. The molecule has 0 bridgehead atoms. The number of amides is 1. The van der Waals surface area contributed by atoms with Crippen LogP contribution in [0.5, 0.6) is 0 Å². The van der Waals surface area contributed by atoms with E-state index in [-0.39, 0.29) is 29.4 Å². The Bertz CT molecular complexity index is 758. The number of hydrogen-bond donors (Lipinski definition) is 0. The fourth-order valence-electron chi connectivity index (χ4n) is 2.56. The molecule has 1 heterocycles. The first-order chi connectivity index (χ1) is 11.4. The molecular weight excluding hydrogens is 348 g/mol. The van der Waals surface area contributed by atoms with Gasteiger partial charge in [0, 0.05) is 30.1 Å². The van der Waals surface area contributed by atoms with Crippen LogP contribution in [0.25, 0.3) is 6.08 Å². The second kappa shape index (κ2) is 8.32. The Labute approximate surface area is 147 Å². The molecule has 0 aromatic heterocycles. The lowest BCUT2D eigenvalue weighted by atomic mass is 10.1. The van der Waals surface area contributed by atoms with Crippen LogP contribution >= 0.6 is 11.6 Å². The van der Waals surface area contributed by atoms with E-state index in [1.54, 1.807) is 35.2 Å². The van der Waals surface area contributed by atoms with E-state index >= 15 is 0 Å². The molecule has 0 saturated carbocycles. The summed E-state index contributed by atoms with van der Waals surface area (Å²) in [6, 6.07) is 8.68. The molecule has 1 saturated heterocycles. The summed E-state index contributed by atoms with van der Waals surface area (Å²) in [5.41, 5.74) is 0.953. The average Bonchev–Trinajstić information content (AvgIpc) is 3.08. The molecule has 1 amide bonds. The zero-order chi connectivity index (χ0) is 17.6. The Morgan fingerprint density at radius 2 is 1.88 bits per heavy atom. The molecule has 1 aliphatic heterocycles. The summed E-state index contributed by atoms with van der Waals surface area (Å²) in [5, 5.41) is 9.16. The van der Waals surface area contributed by atoms with Gasteiger partial charge in [-0.15, -0.1) is 0 Å². The number of carbonyl (C=O) groups excluding carboxylic acids is 1. The van der Waals surface area contributed by atoms with Crippen molar-refractivity contribution in [3.8, 4) is 6.07 Å². The van der Waals surface area contributed by atoms with Crippen molar-refractivity contribution in [1.82, 2.24) is 4.90 Å². The summed E-state index contributed by atoms with van der Waals surface area (Å²) in [7, 11) is -3.51. The highest BCUT2D eigenvalue weighted by molar-refractivity contribution is 7.91. The van der Waals surface area contributed by atoms with Gasteiger partial charge < -0.3 is 4.90 Å². The molecule has 1 fully saturated rings. The van der Waals surface area contributed by atoms with Crippen LogP contribution in [0.2, 0.25) is 5.02 Å². The maximum Gasteiger partial charge on any atom is 0.250 e. The lowest BCUT2D eigenvalue weighted by Gasteiger charge is -2.17. The van der Waals surface area contributed by atoms with Gasteiger partial charge in [-0.05, 0) is 36.6 Å². The molecule has 2 rings (SSSR count). The highest BCUT2D eigenvalue weighted by Crippen LogP contribution is 2.18. The summed E-state index contributed by atoms with van der Waals surface area (Å²) in [6.07, 6.45) is 3.39. The highest BCUT2D eigenvalue weighted by Gasteiger charge is 2.25. The molecule has 1 aromatic rings. The number of sulfone groups is 1. The van der Waals surface area contributed by atoms with E-state index in [1.165, 1.54) is 0 Å². The number of benzene rings is 1. The van der Waals surface area contributed by atoms with Gasteiger partial charge in [-0.1, -0.05) is 23.7 Å². The van der Waals surface area contributed by atoms with Crippen molar-refractivity contribution in [2.45, 2.75) is 19.3 Å². The zero-order valence-electron chi connectivity index (χ0n) is 13.2. The van der Waals surface area contributed by atoms with Crippen molar-refractivity contribution >= 4 is 33.4 Å². The van der Waals surface area contributed by atoms with Crippen LogP contribution in [-0.4, -0.2) is 43.8 Å². The second-order valence-electron chi connectivity index (χ2n) is 5.72. The van der Waals surface area contributed by atoms with Crippen LogP contribution in [0.4, 0.5) is 0 Å². The van der Waals surface area contributed by atoms with E-state index in [4.69, 9.17) is 16.9 Å². The smallest absolute Gasteiger partial charge is 0.250 e. The first-order valence-electron chi connectivity index (χ1n) is 7.74. The van der Waals surface area contributed by atoms with Gasteiger partial charge in [-0.2, -0.15) is 5.26 Å². The lowest BCUT2D eigenvalue weighted by molar-refractivity contribution is -0.125. The molecule has 0 atom stereocenters. The van der Waals surface area contributed by atoms with Gasteiger partial charge in [0.25, 0.3) is 5.91 Å². The van der Waals surface area contributed by atoms with Gasteiger partial charge in [0.05, 0.1) is 17.6 Å². The van der Waals surface area contributed by atoms with Gasteiger partial charge in [0.2, 0.25) is 0 Å². The minimum absolute atomic E-state index is 0.0749. The van der Waals surface area contributed by atoms with Crippen LogP contribution in [0, 0.1) is 11.3 Å². The topological polar surface area (TPSA) is 78.2 Å². The number of halogens is 1. The quantitative estimate of drug-likeness (QED) is 0.725. The molecule has 0 spiro atoms. The van der Waals surface area contributed by atoms with Gasteiger partial charge in [0.1, 0.15) is 0 Å². The van der Waals surface area contributed by atoms with Gasteiger partial charge in [0.15, 0.2) is 9.84 Å².